The summed E-state index contributed by atoms with van der Waals surface area (Å²) < 4.78 is 17.8. The van der Waals surface area contributed by atoms with Gasteiger partial charge in [0.2, 0.25) is 0 Å². The number of benzene rings is 1. The van der Waals surface area contributed by atoms with Crippen molar-refractivity contribution in [2.45, 2.75) is 39.3 Å². The van der Waals surface area contributed by atoms with E-state index in [2.05, 4.69) is 5.32 Å². The summed E-state index contributed by atoms with van der Waals surface area (Å²) in [5, 5.41) is 3.28. The first-order chi connectivity index (χ1) is 8.65. The molecule has 0 aliphatic rings. The Morgan fingerprint density at radius 1 is 1.33 bits per heavy atom. The van der Waals surface area contributed by atoms with E-state index in [1.54, 1.807) is 19.1 Å². The Kier molecular flexibility index (Phi) is 6.36. The van der Waals surface area contributed by atoms with Gasteiger partial charge in [0, 0.05) is 19.0 Å². The van der Waals surface area contributed by atoms with Gasteiger partial charge in [-0.25, -0.2) is 4.39 Å². The molecule has 1 aromatic rings. The van der Waals surface area contributed by atoms with Crippen molar-refractivity contribution in [3.05, 3.63) is 35.6 Å². The number of rotatable bonds is 7. The van der Waals surface area contributed by atoms with E-state index in [1.807, 2.05) is 6.92 Å². The first kappa shape index (κ1) is 14.6. The highest BCUT2D eigenvalue weighted by Gasteiger charge is 2.08. The maximum atomic E-state index is 12.7. The lowest BCUT2D eigenvalue weighted by atomic mass is 10.2. The molecule has 1 unspecified atom stereocenters. The average Bonchev–Trinajstić information content (AvgIpc) is 2.40. The van der Waals surface area contributed by atoms with Gasteiger partial charge >= 0.3 is 5.97 Å². The second-order valence-corrected chi connectivity index (χ2v) is 4.15. The van der Waals surface area contributed by atoms with Gasteiger partial charge in [-0.2, -0.15) is 0 Å². The van der Waals surface area contributed by atoms with Crippen LogP contribution in [0.1, 0.15) is 32.3 Å². The first-order valence-electron chi connectivity index (χ1n) is 6.29. The Hall–Kier alpha value is -1.42. The lowest BCUT2D eigenvalue weighted by Crippen LogP contribution is -2.33. The summed E-state index contributed by atoms with van der Waals surface area (Å²) in [6.45, 7) is 4.82. The molecule has 0 bridgehead atoms. The van der Waals surface area contributed by atoms with Gasteiger partial charge in [-0.15, -0.1) is 0 Å². The zero-order valence-electron chi connectivity index (χ0n) is 10.9. The zero-order chi connectivity index (χ0) is 13.4. The second-order valence-electron chi connectivity index (χ2n) is 4.15. The summed E-state index contributed by atoms with van der Waals surface area (Å²) in [5.41, 5.74) is 1.01. The topological polar surface area (TPSA) is 38.3 Å². The highest BCUT2D eigenvalue weighted by Crippen LogP contribution is 2.03. The summed E-state index contributed by atoms with van der Waals surface area (Å²) in [5.74, 6) is -0.417. The lowest BCUT2D eigenvalue weighted by Gasteiger charge is -2.16. The second kappa shape index (κ2) is 7.82. The first-order valence-corrected chi connectivity index (χ1v) is 6.29. The quantitative estimate of drug-likeness (QED) is 0.759. The van der Waals surface area contributed by atoms with Crippen molar-refractivity contribution in [3.63, 3.8) is 0 Å². The summed E-state index contributed by atoms with van der Waals surface area (Å²) in [6.07, 6.45) is 1.27. The van der Waals surface area contributed by atoms with Crippen molar-refractivity contribution < 1.29 is 13.9 Å². The van der Waals surface area contributed by atoms with Gasteiger partial charge in [-0.1, -0.05) is 26.0 Å². The van der Waals surface area contributed by atoms with Crippen LogP contribution < -0.4 is 5.32 Å². The molecule has 3 nitrogen and oxygen atoms in total. The number of ether oxygens (including phenoxy) is 1. The molecular weight excluding hydrogens is 233 g/mol. The molecule has 100 valence electrons. The third-order valence-electron chi connectivity index (χ3n) is 2.74. The molecular formula is C14H20FNO2. The van der Waals surface area contributed by atoms with E-state index in [9.17, 15) is 9.18 Å². The van der Waals surface area contributed by atoms with Gasteiger partial charge in [-0.3, -0.25) is 4.79 Å². The van der Waals surface area contributed by atoms with Crippen molar-refractivity contribution in [1.82, 2.24) is 5.32 Å². The summed E-state index contributed by atoms with van der Waals surface area (Å²) in [4.78, 5) is 11.1. The predicted molar refractivity (Wildman–Crippen MR) is 68.6 cm³/mol. The number of hydrogen-bond acceptors (Lipinski definition) is 3. The molecule has 1 N–H and O–H groups in total. The van der Waals surface area contributed by atoms with Crippen LogP contribution in [0.2, 0.25) is 0 Å². The average molecular weight is 253 g/mol. The Balaban J connectivity index is 2.34. The number of carbonyl (C=O) groups excluding carboxylic acids is 1. The molecule has 0 radical (unpaired) electrons. The van der Waals surface area contributed by atoms with E-state index >= 15 is 0 Å². The van der Waals surface area contributed by atoms with Crippen molar-refractivity contribution in [3.8, 4) is 0 Å². The Labute approximate surface area is 107 Å². The lowest BCUT2D eigenvalue weighted by molar-refractivity contribution is -0.144. The molecule has 4 heteroatoms. The molecule has 1 atom stereocenters. The number of hydrogen-bond donors (Lipinski definition) is 1. The van der Waals surface area contributed by atoms with Gasteiger partial charge < -0.3 is 10.1 Å². The van der Waals surface area contributed by atoms with E-state index in [0.29, 0.717) is 19.6 Å². The Morgan fingerprint density at radius 3 is 2.56 bits per heavy atom. The molecule has 0 aliphatic carbocycles. The standard InChI is InChI=1S/C14H20FNO2/c1-3-13(10-18-14(17)4-2)16-9-11-5-7-12(15)8-6-11/h5-8,13,16H,3-4,9-10H2,1-2H3. The van der Waals surface area contributed by atoms with Crippen molar-refractivity contribution in [2.75, 3.05) is 6.61 Å². The SMILES string of the molecule is CCC(=O)OCC(CC)NCc1ccc(F)cc1. The largest absolute Gasteiger partial charge is 0.464 e. The van der Waals surface area contributed by atoms with Crippen LogP contribution in [-0.2, 0) is 16.1 Å². The minimum atomic E-state index is -0.234. The van der Waals surface area contributed by atoms with E-state index < -0.39 is 0 Å². The fraction of sp³-hybridized carbons (Fsp3) is 0.500. The molecule has 0 saturated heterocycles. The maximum Gasteiger partial charge on any atom is 0.305 e. The molecule has 1 aromatic carbocycles. The fourth-order valence-corrected chi connectivity index (χ4v) is 1.48. The van der Waals surface area contributed by atoms with Crippen LogP contribution in [0.15, 0.2) is 24.3 Å². The maximum absolute atomic E-state index is 12.7. The number of nitrogens with one attached hydrogen (secondary N) is 1. The fourth-order valence-electron chi connectivity index (χ4n) is 1.48. The van der Waals surface area contributed by atoms with E-state index in [1.165, 1.54) is 12.1 Å². The molecule has 0 aromatic heterocycles. The number of esters is 1. The summed E-state index contributed by atoms with van der Waals surface area (Å²) in [7, 11) is 0. The van der Waals surface area contributed by atoms with Gasteiger partial charge in [0.25, 0.3) is 0 Å². The zero-order valence-corrected chi connectivity index (χ0v) is 10.9. The highest BCUT2D eigenvalue weighted by molar-refractivity contribution is 5.68. The molecule has 0 spiro atoms. The van der Waals surface area contributed by atoms with Crippen LogP contribution >= 0.6 is 0 Å². The van der Waals surface area contributed by atoms with Crippen LogP contribution in [0.3, 0.4) is 0 Å². The van der Waals surface area contributed by atoms with Gasteiger partial charge in [0.15, 0.2) is 0 Å². The molecule has 0 saturated carbocycles. The van der Waals surface area contributed by atoms with E-state index in [4.69, 9.17) is 4.74 Å². The normalized spacial score (nSPS) is 12.2. The molecule has 0 fully saturated rings. The summed E-state index contributed by atoms with van der Waals surface area (Å²) >= 11 is 0. The smallest absolute Gasteiger partial charge is 0.305 e. The minimum Gasteiger partial charge on any atom is -0.464 e. The van der Waals surface area contributed by atoms with Crippen LogP contribution in [-0.4, -0.2) is 18.6 Å². The van der Waals surface area contributed by atoms with Crippen LogP contribution in [0.5, 0.6) is 0 Å². The number of carbonyl (C=O) groups is 1. The van der Waals surface area contributed by atoms with Crippen LogP contribution in [0.4, 0.5) is 4.39 Å². The van der Waals surface area contributed by atoms with Gasteiger partial charge in [-0.05, 0) is 24.1 Å². The molecule has 0 heterocycles. The van der Waals surface area contributed by atoms with Gasteiger partial charge in [0.1, 0.15) is 12.4 Å². The molecule has 0 aliphatic heterocycles. The Morgan fingerprint density at radius 2 is 2.00 bits per heavy atom. The monoisotopic (exact) mass is 253 g/mol. The van der Waals surface area contributed by atoms with Crippen molar-refractivity contribution in [2.24, 2.45) is 0 Å². The van der Waals surface area contributed by atoms with Crippen LogP contribution in [0, 0.1) is 5.82 Å². The van der Waals surface area contributed by atoms with Gasteiger partial charge in [0.05, 0.1) is 0 Å². The van der Waals surface area contributed by atoms with Crippen molar-refractivity contribution in [1.29, 1.82) is 0 Å². The molecule has 18 heavy (non-hydrogen) atoms. The molecule has 0 amide bonds. The van der Waals surface area contributed by atoms with E-state index in [-0.39, 0.29) is 17.8 Å². The third-order valence-corrected chi connectivity index (χ3v) is 2.74. The van der Waals surface area contributed by atoms with E-state index in [0.717, 1.165) is 12.0 Å². The Bertz CT molecular complexity index is 365. The number of halogens is 1. The molecule has 1 rings (SSSR count). The van der Waals surface area contributed by atoms with Crippen LogP contribution in [0.25, 0.3) is 0 Å². The highest BCUT2D eigenvalue weighted by atomic mass is 19.1. The minimum absolute atomic E-state index is 0.130. The van der Waals surface area contributed by atoms with Crippen molar-refractivity contribution >= 4 is 5.97 Å². The summed E-state index contributed by atoms with van der Waals surface area (Å²) in [6, 6.07) is 6.50. The third kappa shape index (κ3) is 5.27. The predicted octanol–water partition coefficient (Wildman–Crippen LogP) is 2.65.